The summed E-state index contributed by atoms with van der Waals surface area (Å²) in [5.74, 6) is 5.97. The first-order chi connectivity index (χ1) is 10.8. The summed E-state index contributed by atoms with van der Waals surface area (Å²) in [6, 6.07) is 0. The quantitative estimate of drug-likeness (QED) is 0.186. The van der Waals surface area contributed by atoms with Crippen molar-refractivity contribution >= 4 is 5.97 Å². The first kappa shape index (κ1) is 20.8. The number of allylic oxidation sites excluding steroid dienone is 2. The molecule has 2 nitrogen and oxygen atoms in total. The van der Waals surface area contributed by atoms with E-state index in [0.29, 0.717) is 13.0 Å². The van der Waals surface area contributed by atoms with Gasteiger partial charge in [0.05, 0.1) is 0 Å². The van der Waals surface area contributed by atoms with Crippen molar-refractivity contribution in [2.75, 3.05) is 6.61 Å². The predicted octanol–water partition coefficient (Wildman–Crippen LogP) is 5.81. The van der Waals surface area contributed by atoms with Crippen molar-refractivity contribution in [3.63, 3.8) is 0 Å². The maximum atomic E-state index is 10.5. The number of carbonyl (C=O) groups is 1. The van der Waals surface area contributed by atoms with Crippen LogP contribution in [0.3, 0.4) is 0 Å². The fraction of sp³-hybridized carbons (Fsp3) is 0.750. The minimum Gasteiger partial charge on any atom is -0.465 e. The summed E-state index contributed by atoms with van der Waals surface area (Å²) in [6.45, 7) is 4.09. The van der Waals surface area contributed by atoms with E-state index in [2.05, 4.69) is 30.9 Å². The van der Waals surface area contributed by atoms with Gasteiger partial charge in [-0.15, -0.1) is 5.92 Å². The van der Waals surface area contributed by atoms with Gasteiger partial charge in [-0.25, -0.2) is 0 Å². The summed E-state index contributed by atoms with van der Waals surface area (Å²) < 4.78 is 4.81. The molecule has 0 rings (SSSR count). The van der Waals surface area contributed by atoms with Crippen molar-refractivity contribution in [1.29, 1.82) is 0 Å². The van der Waals surface area contributed by atoms with E-state index in [1.165, 1.54) is 71.1 Å². The van der Waals surface area contributed by atoms with Gasteiger partial charge in [-0.1, -0.05) is 63.5 Å². The lowest BCUT2D eigenvalue weighted by Gasteiger charge is -1.99. The smallest absolute Gasteiger partial charge is 0.302 e. The Kier molecular flexibility index (Phi) is 16.8. The van der Waals surface area contributed by atoms with Gasteiger partial charge in [0.2, 0.25) is 0 Å². The van der Waals surface area contributed by atoms with E-state index in [4.69, 9.17) is 4.74 Å². The lowest BCUT2D eigenvalue weighted by atomic mass is 10.1. The van der Waals surface area contributed by atoms with Gasteiger partial charge in [0.25, 0.3) is 0 Å². The van der Waals surface area contributed by atoms with Crippen LogP contribution >= 0.6 is 0 Å². The van der Waals surface area contributed by atoms with Crippen molar-refractivity contribution in [1.82, 2.24) is 0 Å². The summed E-state index contributed by atoms with van der Waals surface area (Å²) in [5.41, 5.74) is 0. The summed E-state index contributed by atoms with van der Waals surface area (Å²) in [6.07, 6.45) is 19.3. The Hall–Kier alpha value is -1.23. The second kappa shape index (κ2) is 17.8. The standard InChI is InChI=1S/C20H34O2/c1-3-4-5-6-7-8-9-10-11-12-13-14-15-16-17-18-19-22-20(2)21/h6-7H,3-5,8-15,18-19H2,1-2H3. The third-order valence-corrected chi connectivity index (χ3v) is 3.47. The molecule has 0 spiro atoms. The molecule has 0 fully saturated rings. The molecular weight excluding hydrogens is 272 g/mol. The van der Waals surface area contributed by atoms with Crippen molar-refractivity contribution in [2.24, 2.45) is 0 Å². The van der Waals surface area contributed by atoms with Gasteiger partial charge in [-0.05, 0) is 25.7 Å². The molecular formula is C20H34O2. The largest absolute Gasteiger partial charge is 0.465 e. The molecule has 0 bridgehead atoms. The van der Waals surface area contributed by atoms with Crippen LogP contribution in [0, 0.1) is 11.8 Å². The molecule has 2 heteroatoms. The lowest BCUT2D eigenvalue weighted by Crippen LogP contribution is -1.98. The molecule has 0 unspecified atom stereocenters. The average molecular weight is 306 g/mol. The Morgan fingerprint density at radius 3 is 2.14 bits per heavy atom. The van der Waals surface area contributed by atoms with E-state index < -0.39 is 0 Å². The Labute approximate surface area is 137 Å². The number of unbranched alkanes of at least 4 members (excludes halogenated alkanes) is 9. The minimum absolute atomic E-state index is 0.224. The van der Waals surface area contributed by atoms with Gasteiger partial charge in [0, 0.05) is 19.8 Å². The zero-order valence-electron chi connectivity index (χ0n) is 14.7. The van der Waals surface area contributed by atoms with Crippen LogP contribution in [-0.2, 0) is 9.53 Å². The van der Waals surface area contributed by atoms with E-state index in [0.717, 1.165) is 6.42 Å². The highest BCUT2D eigenvalue weighted by Gasteiger charge is 1.91. The number of hydrogen-bond acceptors (Lipinski definition) is 2. The maximum Gasteiger partial charge on any atom is 0.302 e. The van der Waals surface area contributed by atoms with Crippen molar-refractivity contribution in [3.8, 4) is 11.8 Å². The Morgan fingerprint density at radius 1 is 0.864 bits per heavy atom. The number of hydrogen-bond donors (Lipinski definition) is 0. The Bertz CT molecular complexity index is 333. The van der Waals surface area contributed by atoms with Crippen LogP contribution < -0.4 is 0 Å². The predicted molar refractivity (Wildman–Crippen MR) is 94.6 cm³/mol. The number of esters is 1. The van der Waals surface area contributed by atoms with Crippen LogP contribution in [0.5, 0.6) is 0 Å². The molecule has 0 radical (unpaired) electrons. The number of carbonyl (C=O) groups excluding carboxylic acids is 1. The Balaban J connectivity index is 3.16. The molecule has 0 aromatic carbocycles. The first-order valence-corrected chi connectivity index (χ1v) is 9.01. The number of rotatable bonds is 13. The van der Waals surface area contributed by atoms with Crippen molar-refractivity contribution < 1.29 is 9.53 Å². The van der Waals surface area contributed by atoms with Crippen LogP contribution in [0.4, 0.5) is 0 Å². The minimum atomic E-state index is -0.224. The molecule has 0 aliphatic heterocycles. The highest BCUT2D eigenvalue weighted by molar-refractivity contribution is 5.65. The van der Waals surface area contributed by atoms with Crippen LogP contribution in [0.15, 0.2) is 12.2 Å². The second-order valence-electron chi connectivity index (χ2n) is 5.72. The van der Waals surface area contributed by atoms with Gasteiger partial charge in [-0.3, -0.25) is 4.79 Å². The van der Waals surface area contributed by atoms with Crippen LogP contribution in [0.2, 0.25) is 0 Å². The molecule has 0 N–H and O–H groups in total. The third-order valence-electron chi connectivity index (χ3n) is 3.47. The highest BCUT2D eigenvalue weighted by atomic mass is 16.5. The molecule has 0 saturated carbocycles. The number of ether oxygens (including phenoxy) is 1. The summed E-state index contributed by atoms with van der Waals surface area (Å²) in [7, 11) is 0. The normalized spacial score (nSPS) is 10.5. The molecule has 0 heterocycles. The monoisotopic (exact) mass is 306 g/mol. The molecule has 0 aromatic heterocycles. The van der Waals surface area contributed by atoms with E-state index >= 15 is 0 Å². The highest BCUT2D eigenvalue weighted by Crippen LogP contribution is 2.09. The van der Waals surface area contributed by atoms with Gasteiger partial charge in [0.15, 0.2) is 0 Å². The first-order valence-electron chi connectivity index (χ1n) is 9.01. The molecule has 0 saturated heterocycles. The van der Waals surface area contributed by atoms with Crippen molar-refractivity contribution in [3.05, 3.63) is 12.2 Å². The third kappa shape index (κ3) is 18.8. The summed E-state index contributed by atoms with van der Waals surface area (Å²) in [4.78, 5) is 10.5. The molecule has 22 heavy (non-hydrogen) atoms. The molecule has 126 valence electrons. The fourth-order valence-electron chi connectivity index (χ4n) is 2.16. The van der Waals surface area contributed by atoms with Crippen LogP contribution in [-0.4, -0.2) is 12.6 Å². The van der Waals surface area contributed by atoms with Crippen LogP contribution in [0.1, 0.15) is 90.9 Å². The van der Waals surface area contributed by atoms with Gasteiger partial charge < -0.3 is 4.74 Å². The van der Waals surface area contributed by atoms with Crippen LogP contribution in [0.25, 0.3) is 0 Å². The SMILES string of the molecule is CCCCC=CCCCCCCCCC#CCCOC(C)=O. The van der Waals surface area contributed by atoms with Gasteiger partial charge in [0.1, 0.15) is 6.61 Å². The van der Waals surface area contributed by atoms with Crippen molar-refractivity contribution in [2.45, 2.75) is 90.9 Å². The van der Waals surface area contributed by atoms with E-state index in [-0.39, 0.29) is 5.97 Å². The summed E-state index contributed by atoms with van der Waals surface area (Å²) in [5, 5.41) is 0. The molecule has 0 aliphatic rings. The maximum absolute atomic E-state index is 10.5. The second-order valence-corrected chi connectivity index (χ2v) is 5.72. The molecule has 0 aromatic rings. The molecule has 0 amide bonds. The van der Waals surface area contributed by atoms with E-state index in [9.17, 15) is 4.79 Å². The zero-order chi connectivity index (χ0) is 16.3. The van der Waals surface area contributed by atoms with E-state index in [1.807, 2.05) is 0 Å². The Morgan fingerprint density at radius 2 is 1.45 bits per heavy atom. The van der Waals surface area contributed by atoms with E-state index in [1.54, 1.807) is 0 Å². The topological polar surface area (TPSA) is 26.3 Å². The summed E-state index contributed by atoms with van der Waals surface area (Å²) >= 11 is 0. The van der Waals surface area contributed by atoms with Gasteiger partial charge >= 0.3 is 5.97 Å². The molecule has 0 atom stereocenters. The lowest BCUT2D eigenvalue weighted by molar-refractivity contribution is -0.140. The average Bonchev–Trinajstić information content (AvgIpc) is 2.50. The fourth-order valence-corrected chi connectivity index (χ4v) is 2.16. The van der Waals surface area contributed by atoms with Gasteiger partial charge in [-0.2, -0.15) is 0 Å². The molecule has 0 aliphatic carbocycles. The zero-order valence-corrected chi connectivity index (χ0v) is 14.7.